The average molecular weight is 539 g/mol. The van der Waals surface area contributed by atoms with E-state index in [1.807, 2.05) is 30.5 Å². The lowest BCUT2D eigenvalue weighted by Crippen LogP contribution is -2.47. The largest absolute Gasteiger partial charge is 0.354 e. The summed E-state index contributed by atoms with van der Waals surface area (Å²) in [5, 5.41) is 2.48. The first-order valence-corrected chi connectivity index (χ1v) is 14.4. The number of halogens is 2. The summed E-state index contributed by atoms with van der Waals surface area (Å²) in [5.41, 5.74) is 4.48. The van der Waals surface area contributed by atoms with E-state index >= 15 is 0 Å². The highest BCUT2D eigenvalue weighted by Gasteiger charge is 2.21. The SMILES string of the molecule is Fc1ccc(C(=C2CCN(CCCN3CCN(c4nccc5ccccc45)CC3)CC2)c2ccc(F)cc2)cc1. The number of fused-ring (bicyclic) bond motifs is 1. The number of aromatic nitrogens is 1. The van der Waals surface area contributed by atoms with Crippen molar-refractivity contribution in [2.75, 3.05) is 57.3 Å². The number of pyridine rings is 1. The third-order valence-electron chi connectivity index (χ3n) is 8.35. The van der Waals surface area contributed by atoms with E-state index in [1.165, 1.54) is 40.6 Å². The van der Waals surface area contributed by atoms with Gasteiger partial charge in [0.25, 0.3) is 0 Å². The number of anilines is 1. The van der Waals surface area contributed by atoms with Gasteiger partial charge in [-0.25, -0.2) is 13.8 Å². The first-order valence-electron chi connectivity index (χ1n) is 14.4. The van der Waals surface area contributed by atoms with Crippen LogP contribution in [0.25, 0.3) is 16.3 Å². The average Bonchev–Trinajstić information content (AvgIpc) is 3.00. The van der Waals surface area contributed by atoms with E-state index in [-0.39, 0.29) is 11.6 Å². The van der Waals surface area contributed by atoms with Gasteiger partial charge in [0.1, 0.15) is 17.5 Å². The number of likely N-dealkylation sites (tertiary alicyclic amines) is 1. The molecule has 6 heteroatoms. The zero-order valence-electron chi connectivity index (χ0n) is 22.9. The van der Waals surface area contributed by atoms with E-state index in [9.17, 15) is 8.78 Å². The summed E-state index contributed by atoms with van der Waals surface area (Å²) in [6, 6.07) is 24.0. The second-order valence-corrected chi connectivity index (χ2v) is 10.9. The van der Waals surface area contributed by atoms with Gasteiger partial charge in [-0.2, -0.15) is 0 Å². The first kappa shape index (κ1) is 26.6. The fraction of sp³-hybridized carbons (Fsp3) is 0.324. The van der Waals surface area contributed by atoms with E-state index in [0.29, 0.717) is 0 Å². The van der Waals surface area contributed by atoms with Crippen LogP contribution in [0, 0.1) is 11.6 Å². The molecule has 1 aromatic heterocycles. The smallest absolute Gasteiger partial charge is 0.136 e. The molecule has 6 rings (SSSR count). The molecule has 2 aliphatic heterocycles. The molecule has 2 saturated heterocycles. The van der Waals surface area contributed by atoms with Crippen molar-refractivity contribution < 1.29 is 8.78 Å². The van der Waals surface area contributed by atoms with Gasteiger partial charge in [0.05, 0.1) is 0 Å². The third kappa shape index (κ3) is 6.08. The van der Waals surface area contributed by atoms with Crippen molar-refractivity contribution in [2.45, 2.75) is 19.3 Å². The summed E-state index contributed by atoms with van der Waals surface area (Å²) in [6.45, 7) is 8.40. The molecule has 0 aliphatic carbocycles. The van der Waals surface area contributed by atoms with Crippen LogP contribution in [0.5, 0.6) is 0 Å². The summed E-state index contributed by atoms with van der Waals surface area (Å²) in [6.07, 6.45) is 5.03. The molecule has 3 aromatic carbocycles. The Balaban J connectivity index is 1.02. The van der Waals surface area contributed by atoms with Gasteiger partial charge in [0.15, 0.2) is 0 Å². The topological polar surface area (TPSA) is 22.6 Å². The highest BCUT2D eigenvalue weighted by Crippen LogP contribution is 2.33. The predicted octanol–water partition coefficient (Wildman–Crippen LogP) is 6.62. The molecule has 0 bridgehead atoms. The van der Waals surface area contributed by atoms with Crippen LogP contribution < -0.4 is 4.90 Å². The van der Waals surface area contributed by atoms with Gasteiger partial charge in [-0.05, 0) is 84.8 Å². The van der Waals surface area contributed by atoms with E-state index in [2.05, 4.69) is 45.0 Å². The van der Waals surface area contributed by atoms with E-state index in [4.69, 9.17) is 4.98 Å². The van der Waals surface area contributed by atoms with Gasteiger partial charge in [0, 0.05) is 50.9 Å². The minimum atomic E-state index is -0.242. The number of rotatable bonds is 7. The maximum absolute atomic E-state index is 13.6. The Hall–Kier alpha value is -3.61. The minimum absolute atomic E-state index is 0.242. The molecule has 0 N–H and O–H groups in total. The molecule has 0 unspecified atom stereocenters. The quantitative estimate of drug-likeness (QED) is 0.264. The standard InChI is InChI=1S/C34H36F2N4/c35-30-10-6-27(7-11-30)33(28-8-12-31(36)13-9-28)29-15-20-38(21-16-29)18-3-19-39-22-24-40(25-23-39)34-32-5-2-1-4-26(32)14-17-37-34/h1-2,4-14,17H,3,15-16,18-25H2. The Kier molecular flexibility index (Phi) is 8.17. The van der Waals surface area contributed by atoms with Crippen LogP contribution in [-0.2, 0) is 0 Å². The lowest BCUT2D eigenvalue weighted by molar-refractivity contribution is 0.212. The number of benzene rings is 3. The maximum atomic E-state index is 13.6. The highest BCUT2D eigenvalue weighted by molar-refractivity contribution is 5.92. The molecule has 4 nitrogen and oxygen atoms in total. The molecular formula is C34H36F2N4. The fourth-order valence-corrected chi connectivity index (χ4v) is 6.16. The van der Waals surface area contributed by atoms with Gasteiger partial charge in [-0.3, -0.25) is 4.90 Å². The van der Waals surface area contributed by atoms with Gasteiger partial charge in [-0.1, -0.05) is 54.1 Å². The number of nitrogens with zero attached hydrogens (tertiary/aromatic N) is 4. The van der Waals surface area contributed by atoms with E-state index in [1.54, 1.807) is 0 Å². The second-order valence-electron chi connectivity index (χ2n) is 10.9. The Labute approximate surface area is 235 Å². The lowest BCUT2D eigenvalue weighted by atomic mass is 9.88. The van der Waals surface area contributed by atoms with Crippen molar-refractivity contribution in [3.63, 3.8) is 0 Å². The normalized spacial score (nSPS) is 16.9. The van der Waals surface area contributed by atoms with Crippen LogP contribution in [0.1, 0.15) is 30.4 Å². The van der Waals surface area contributed by atoms with Crippen molar-refractivity contribution in [1.82, 2.24) is 14.8 Å². The van der Waals surface area contributed by atoms with Gasteiger partial charge >= 0.3 is 0 Å². The van der Waals surface area contributed by atoms with Crippen LogP contribution in [0.2, 0.25) is 0 Å². The molecule has 40 heavy (non-hydrogen) atoms. The number of piperidine rings is 1. The Morgan fingerprint density at radius 3 is 1.85 bits per heavy atom. The van der Waals surface area contributed by atoms with Crippen LogP contribution in [0.3, 0.4) is 0 Å². The summed E-state index contributed by atoms with van der Waals surface area (Å²) in [7, 11) is 0. The van der Waals surface area contributed by atoms with Crippen LogP contribution in [0.4, 0.5) is 14.6 Å². The van der Waals surface area contributed by atoms with Crippen molar-refractivity contribution in [2.24, 2.45) is 0 Å². The molecule has 206 valence electrons. The number of hydrogen-bond acceptors (Lipinski definition) is 4. The van der Waals surface area contributed by atoms with Crippen molar-refractivity contribution in [3.05, 3.63) is 113 Å². The molecule has 0 spiro atoms. The van der Waals surface area contributed by atoms with Crippen molar-refractivity contribution in [3.8, 4) is 0 Å². The fourth-order valence-electron chi connectivity index (χ4n) is 6.16. The third-order valence-corrected chi connectivity index (χ3v) is 8.35. The van der Waals surface area contributed by atoms with E-state index in [0.717, 1.165) is 94.1 Å². The molecular weight excluding hydrogens is 502 g/mol. The Morgan fingerprint density at radius 1 is 0.650 bits per heavy atom. The summed E-state index contributed by atoms with van der Waals surface area (Å²) in [4.78, 5) is 12.3. The van der Waals surface area contributed by atoms with Gasteiger partial charge in [-0.15, -0.1) is 0 Å². The molecule has 2 fully saturated rings. The molecule has 0 saturated carbocycles. The number of piperazine rings is 1. The number of hydrogen-bond donors (Lipinski definition) is 0. The zero-order chi connectivity index (χ0) is 27.3. The summed E-state index contributed by atoms with van der Waals surface area (Å²) < 4.78 is 27.2. The second kappa shape index (κ2) is 12.3. The Bertz CT molecular complexity index is 1400. The monoisotopic (exact) mass is 538 g/mol. The summed E-state index contributed by atoms with van der Waals surface area (Å²) in [5.74, 6) is 0.623. The van der Waals surface area contributed by atoms with Crippen molar-refractivity contribution >= 4 is 22.2 Å². The van der Waals surface area contributed by atoms with Crippen LogP contribution in [-0.4, -0.2) is 67.1 Å². The zero-order valence-corrected chi connectivity index (χ0v) is 22.9. The first-order chi connectivity index (χ1) is 19.6. The molecule has 0 atom stereocenters. The van der Waals surface area contributed by atoms with Gasteiger partial charge < -0.3 is 9.80 Å². The molecule has 3 heterocycles. The molecule has 0 amide bonds. The molecule has 0 radical (unpaired) electrons. The van der Waals surface area contributed by atoms with Crippen LogP contribution in [0.15, 0.2) is 90.6 Å². The van der Waals surface area contributed by atoms with Crippen LogP contribution >= 0.6 is 0 Å². The summed E-state index contributed by atoms with van der Waals surface area (Å²) >= 11 is 0. The molecule has 4 aromatic rings. The Morgan fingerprint density at radius 2 is 1.23 bits per heavy atom. The van der Waals surface area contributed by atoms with E-state index < -0.39 is 0 Å². The highest BCUT2D eigenvalue weighted by atomic mass is 19.1. The van der Waals surface area contributed by atoms with Gasteiger partial charge in [0.2, 0.25) is 0 Å². The lowest BCUT2D eigenvalue weighted by Gasteiger charge is -2.36. The molecule has 2 aliphatic rings. The van der Waals surface area contributed by atoms with Crippen molar-refractivity contribution in [1.29, 1.82) is 0 Å². The maximum Gasteiger partial charge on any atom is 0.136 e. The predicted molar refractivity (Wildman–Crippen MR) is 160 cm³/mol. The minimum Gasteiger partial charge on any atom is -0.354 e.